The predicted molar refractivity (Wildman–Crippen MR) is 108 cm³/mol. The van der Waals surface area contributed by atoms with E-state index in [0.717, 1.165) is 16.2 Å². The van der Waals surface area contributed by atoms with Crippen LogP contribution in [-0.2, 0) is 6.54 Å². The van der Waals surface area contributed by atoms with E-state index in [2.05, 4.69) is 5.32 Å². The van der Waals surface area contributed by atoms with Gasteiger partial charge in [-0.05, 0) is 48.5 Å². The monoisotopic (exact) mass is 457 g/mol. The van der Waals surface area contributed by atoms with Gasteiger partial charge >= 0.3 is 5.97 Å². The molecule has 0 fully saturated rings. The molecule has 0 atom stereocenters. The lowest BCUT2D eigenvalue weighted by Crippen LogP contribution is -2.22. The van der Waals surface area contributed by atoms with Crippen LogP contribution in [0.1, 0.15) is 24.9 Å². The fourth-order valence-electron chi connectivity index (χ4n) is 2.22. The number of hydrogen-bond acceptors (Lipinski definition) is 4. The summed E-state index contributed by atoms with van der Waals surface area (Å²) in [5.74, 6) is -1.37. The lowest BCUT2D eigenvalue weighted by Gasteiger charge is -2.07. The molecule has 3 rings (SSSR count). The largest absolute Gasteiger partial charge is 0.419 e. The van der Waals surface area contributed by atoms with Crippen LogP contribution in [0.2, 0.25) is 15.1 Å². The van der Waals surface area contributed by atoms with Crippen LogP contribution in [0, 0.1) is 5.82 Å². The van der Waals surface area contributed by atoms with Gasteiger partial charge in [-0.1, -0.05) is 34.8 Å². The summed E-state index contributed by atoms with van der Waals surface area (Å²) in [5, 5.41) is 3.26. The molecule has 0 aliphatic heterocycles. The standard InChI is InChI=1S/C19H11Cl3FNO3S/c20-11-7-14(21)17(15(22)8-11)27-19(26)16-6-5-13(28-16)9-24-18(25)10-1-3-12(23)4-2-10/h1-8H,9H2,(H,24,25). The number of ether oxygens (including phenoxy) is 1. The Kier molecular flexibility index (Phi) is 6.57. The number of amides is 1. The lowest BCUT2D eigenvalue weighted by atomic mass is 10.2. The van der Waals surface area contributed by atoms with Crippen LogP contribution in [0.4, 0.5) is 4.39 Å². The molecule has 2 aromatic carbocycles. The number of hydrogen-bond donors (Lipinski definition) is 1. The first-order valence-electron chi connectivity index (χ1n) is 7.82. The van der Waals surface area contributed by atoms with Gasteiger partial charge in [0.25, 0.3) is 5.91 Å². The molecule has 1 heterocycles. The van der Waals surface area contributed by atoms with Crippen LogP contribution in [0.15, 0.2) is 48.5 Å². The summed E-state index contributed by atoms with van der Waals surface area (Å²) < 4.78 is 18.2. The van der Waals surface area contributed by atoms with E-state index in [1.54, 1.807) is 12.1 Å². The molecule has 0 radical (unpaired) electrons. The molecule has 9 heteroatoms. The summed E-state index contributed by atoms with van der Waals surface area (Å²) in [5.41, 5.74) is 0.338. The maximum atomic E-state index is 12.9. The fraction of sp³-hybridized carbons (Fsp3) is 0.0526. The van der Waals surface area contributed by atoms with Gasteiger partial charge in [0.15, 0.2) is 5.75 Å². The third-order valence-corrected chi connectivity index (χ3v) is 5.40. The summed E-state index contributed by atoms with van der Waals surface area (Å²) in [4.78, 5) is 25.4. The van der Waals surface area contributed by atoms with E-state index >= 15 is 0 Å². The van der Waals surface area contributed by atoms with E-state index in [4.69, 9.17) is 39.5 Å². The molecular formula is C19H11Cl3FNO3S. The number of halogens is 4. The molecule has 1 aromatic heterocycles. The van der Waals surface area contributed by atoms with Crippen molar-refractivity contribution in [1.82, 2.24) is 5.32 Å². The average Bonchev–Trinajstić information content (AvgIpc) is 3.12. The fourth-order valence-corrected chi connectivity index (χ4v) is 3.94. The Balaban J connectivity index is 1.63. The predicted octanol–water partition coefficient (Wildman–Crippen LogP) is 6.00. The number of thiophene rings is 1. The second-order valence-electron chi connectivity index (χ2n) is 5.54. The average molecular weight is 459 g/mol. The van der Waals surface area contributed by atoms with Gasteiger partial charge in [0.1, 0.15) is 10.7 Å². The third kappa shape index (κ3) is 5.02. The maximum Gasteiger partial charge on any atom is 0.353 e. The topological polar surface area (TPSA) is 55.4 Å². The molecule has 0 bridgehead atoms. The lowest BCUT2D eigenvalue weighted by molar-refractivity contribution is 0.0739. The minimum atomic E-state index is -0.632. The summed E-state index contributed by atoms with van der Waals surface area (Å²) in [6.45, 7) is 0.205. The Labute approximate surface area is 178 Å². The van der Waals surface area contributed by atoms with Crippen LogP contribution in [0.3, 0.4) is 0 Å². The smallest absolute Gasteiger partial charge is 0.353 e. The van der Waals surface area contributed by atoms with Gasteiger partial charge < -0.3 is 10.1 Å². The van der Waals surface area contributed by atoms with Gasteiger partial charge in [0.05, 0.1) is 16.6 Å². The number of esters is 1. The molecule has 0 aliphatic carbocycles. The van der Waals surface area contributed by atoms with Crippen molar-refractivity contribution in [1.29, 1.82) is 0 Å². The molecule has 1 amide bonds. The summed E-state index contributed by atoms with van der Waals surface area (Å²) in [6, 6.07) is 11.3. The molecule has 0 spiro atoms. The van der Waals surface area contributed by atoms with Gasteiger partial charge in [-0.3, -0.25) is 4.79 Å². The highest BCUT2D eigenvalue weighted by Gasteiger charge is 2.17. The van der Waals surface area contributed by atoms with E-state index in [0.29, 0.717) is 15.5 Å². The Hall–Kier alpha value is -2.12. The highest BCUT2D eigenvalue weighted by molar-refractivity contribution is 7.13. The van der Waals surface area contributed by atoms with Crippen molar-refractivity contribution >= 4 is 58.0 Å². The summed E-state index contributed by atoms with van der Waals surface area (Å²) in [7, 11) is 0. The number of rotatable bonds is 5. The molecule has 0 saturated heterocycles. The van der Waals surface area contributed by atoms with Gasteiger partial charge in [0.2, 0.25) is 0 Å². The van der Waals surface area contributed by atoms with Gasteiger partial charge in [-0.15, -0.1) is 11.3 Å². The highest BCUT2D eigenvalue weighted by Crippen LogP contribution is 2.36. The first-order valence-corrected chi connectivity index (χ1v) is 9.77. The highest BCUT2D eigenvalue weighted by atomic mass is 35.5. The molecule has 0 unspecified atom stereocenters. The van der Waals surface area contributed by atoms with Crippen LogP contribution in [0.5, 0.6) is 5.75 Å². The van der Waals surface area contributed by atoms with E-state index in [1.807, 2.05) is 0 Å². The molecular weight excluding hydrogens is 448 g/mol. The SMILES string of the molecule is O=C(NCc1ccc(C(=O)Oc2c(Cl)cc(Cl)cc2Cl)s1)c1ccc(F)cc1. The maximum absolute atomic E-state index is 12.9. The molecule has 4 nitrogen and oxygen atoms in total. The number of carbonyl (C=O) groups excluding carboxylic acids is 2. The normalized spacial score (nSPS) is 10.6. The van der Waals surface area contributed by atoms with Crippen molar-refractivity contribution in [2.75, 3.05) is 0 Å². The van der Waals surface area contributed by atoms with Crippen LogP contribution >= 0.6 is 46.1 Å². The van der Waals surface area contributed by atoms with Gasteiger partial charge in [-0.2, -0.15) is 0 Å². The molecule has 0 saturated carbocycles. The quantitative estimate of drug-likeness (QED) is 0.377. The number of benzene rings is 2. The molecule has 28 heavy (non-hydrogen) atoms. The second kappa shape index (κ2) is 8.92. The Bertz CT molecular complexity index is 1010. The second-order valence-corrected chi connectivity index (χ2v) is 7.96. The van der Waals surface area contributed by atoms with E-state index < -0.39 is 11.8 Å². The first-order chi connectivity index (χ1) is 13.3. The molecule has 0 aliphatic rings. The van der Waals surface area contributed by atoms with Gasteiger partial charge in [0, 0.05) is 15.5 Å². The minimum absolute atomic E-state index is 0.0253. The van der Waals surface area contributed by atoms with Crippen molar-refractivity contribution in [2.45, 2.75) is 6.54 Å². The van der Waals surface area contributed by atoms with Crippen LogP contribution in [0.25, 0.3) is 0 Å². The Morgan fingerprint density at radius 2 is 1.64 bits per heavy atom. The minimum Gasteiger partial charge on any atom is -0.419 e. The van der Waals surface area contributed by atoms with E-state index in [9.17, 15) is 14.0 Å². The summed E-state index contributed by atoms with van der Waals surface area (Å²) >= 11 is 19.0. The molecule has 144 valence electrons. The molecule has 3 aromatic rings. The third-order valence-electron chi connectivity index (χ3n) is 3.55. The van der Waals surface area contributed by atoms with Gasteiger partial charge in [-0.25, -0.2) is 9.18 Å². The number of carbonyl (C=O) groups is 2. The Morgan fingerprint density at radius 1 is 1.00 bits per heavy atom. The Morgan fingerprint density at radius 3 is 2.29 bits per heavy atom. The van der Waals surface area contributed by atoms with E-state index in [-0.39, 0.29) is 28.2 Å². The summed E-state index contributed by atoms with van der Waals surface area (Å²) in [6.07, 6.45) is 0. The van der Waals surface area contributed by atoms with Crippen LogP contribution in [-0.4, -0.2) is 11.9 Å². The van der Waals surface area contributed by atoms with Crippen molar-refractivity contribution in [2.24, 2.45) is 0 Å². The van der Waals surface area contributed by atoms with Crippen molar-refractivity contribution in [3.63, 3.8) is 0 Å². The number of nitrogens with one attached hydrogen (secondary N) is 1. The zero-order chi connectivity index (χ0) is 20.3. The first kappa shape index (κ1) is 20.6. The molecule has 1 N–H and O–H groups in total. The zero-order valence-electron chi connectivity index (χ0n) is 14.0. The zero-order valence-corrected chi connectivity index (χ0v) is 17.1. The van der Waals surface area contributed by atoms with Crippen molar-refractivity contribution in [3.8, 4) is 5.75 Å². The van der Waals surface area contributed by atoms with Crippen LogP contribution < -0.4 is 10.1 Å². The van der Waals surface area contributed by atoms with Crippen molar-refractivity contribution in [3.05, 3.63) is 84.7 Å². The van der Waals surface area contributed by atoms with Crippen molar-refractivity contribution < 1.29 is 18.7 Å². The van der Waals surface area contributed by atoms with E-state index in [1.165, 1.54) is 36.4 Å².